The molecule has 5 rings (SSSR count). The van der Waals surface area contributed by atoms with Gasteiger partial charge in [0.25, 0.3) is 5.56 Å². The van der Waals surface area contributed by atoms with Crippen LogP contribution in [0.25, 0.3) is 16.7 Å². The number of rotatable bonds is 4. The monoisotopic (exact) mass is 439 g/mol. The molecule has 3 heterocycles. The number of thioether (sulfide) groups is 1. The number of anilines is 1. The first-order valence-corrected chi connectivity index (χ1v) is 10.4. The molecule has 0 saturated heterocycles. The van der Waals surface area contributed by atoms with Crippen LogP contribution in [0.3, 0.4) is 0 Å². The number of halogens is 2. The molecule has 4 aromatic rings. The summed E-state index contributed by atoms with van der Waals surface area (Å²) in [4.78, 5) is 30.2. The Kier molecular flexibility index (Phi) is 4.78. The minimum absolute atomic E-state index is 0.0799. The van der Waals surface area contributed by atoms with Crippen molar-refractivity contribution in [2.45, 2.75) is 17.6 Å². The minimum Gasteiger partial charge on any atom is -0.326 e. The Bertz CT molecular complexity index is 1350. The second-order valence-corrected chi connectivity index (χ2v) is 8.05. The zero-order valence-electron chi connectivity index (χ0n) is 16.0. The maximum Gasteiger partial charge on any atom is 0.265 e. The molecule has 0 aliphatic carbocycles. The molecule has 2 aromatic carbocycles. The number of fused-ring (bicyclic) bond motifs is 2. The predicted octanol–water partition coefficient (Wildman–Crippen LogP) is 3.54. The highest BCUT2D eigenvalue weighted by Gasteiger charge is 2.29. The van der Waals surface area contributed by atoms with Crippen LogP contribution < -0.4 is 10.9 Å². The van der Waals surface area contributed by atoms with Crippen LogP contribution in [-0.4, -0.2) is 31.0 Å². The second kappa shape index (κ2) is 7.62. The molecule has 1 aliphatic rings. The fourth-order valence-electron chi connectivity index (χ4n) is 3.51. The predicted molar refractivity (Wildman–Crippen MR) is 112 cm³/mol. The lowest BCUT2D eigenvalue weighted by molar-refractivity contribution is -0.116. The van der Waals surface area contributed by atoms with E-state index in [9.17, 15) is 18.4 Å². The standard InChI is InChI=1S/C21H15F2N5O2S/c22-12-1-5-14(6-2-12)25-18(29)9-16-11-31-21-26-19-17(20(30)27(16)21)10-24-28(19)15-7-3-13(23)4-8-15/h1-8,10,16H,9,11H2,(H,25,29). The van der Waals surface area contributed by atoms with E-state index in [0.29, 0.717) is 33.3 Å². The maximum absolute atomic E-state index is 13.2. The number of amides is 1. The Morgan fingerprint density at radius 2 is 1.77 bits per heavy atom. The number of carbonyl (C=O) groups excluding carboxylic acids is 1. The third-order valence-electron chi connectivity index (χ3n) is 4.99. The number of nitrogens with zero attached hydrogens (tertiary/aromatic N) is 4. The van der Waals surface area contributed by atoms with Gasteiger partial charge in [-0.15, -0.1) is 0 Å². The fourth-order valence-corrected chi connectivity index (χ4v) is 4.64. The molecule has 0 saturated carbocycles. The summed E-state index contributed by atoms with van der Waals surface area (Å²) in [5.41, 5.74) is 1.18. The SMILES string of the molecule is O=C(CC1CSc2nc3c(cnn3-c3ccc(F)cc3)c(=O)n21)Nc1ccc(F)cc1. The highest BCUT2D eigenvalue weighted by Crippen LogP contribution is 2.33. The minimum atomic E-state index is -0.387. The second-order valence-electron chi connectivity index (χ2n) is 7.06. The number of hydrogen-bond acceptors (Lipinski definition) is 5. The summed E-state index contributed by atoms with van der Waals surface area (Å²) >= 11 is 1.39. The highest BCUT2D eigenvalue weighted by atomic mass is 32.2. The van der Waals surface area contributed by atoms with Crippen molar-refractivity contribution < 1.29 is 13.6 Å². The number of benzene rings is 2. The topological polar surface area (TPSA) is 81.8 Å². The first-order valence-electron chi connectivity index (χ1n) is 9.44. The van der Waals surface area contributed by atoms with E-state index in [1.165, 1.54) is 63.6 Å². The molecule has 7 nitrogen and oxygen atoms in total. The summed E-state index contributed by atoms with van der Waals surface area (Å²) < 4.78 is 29.3. The molecule has 1 aliphatic heterocycles. The largest absolute Gasteiger partial charge is 0.326 e. The van der Waals surface area contributed by atoms with Crippen molar-refractivity contribution in [3.63, 3.8) is 0 Å². The van der Waals surface area contributed by atoms with Gasteiger partial charge in [-0.2, -0.15) is 5.10 Å². The van der Waals surface area contributed by atoms with E-state index < -0.39 is 0 Å². The summed E-state index contributed by atoms with van der Waals surface area (Å²) in [6.45, 7) is 0. The summed E-state index contributed by atoms with van der Waals surface area (Å²) in [6.07, 6.45) is 1.51. The maximum atomic E-state index is 13.2. The number of hydrogen-bond donors (Lipinski definition) is 1. The van der Waals surface area contributed by atoms with E-state index in [1.54, 1.807) is 12.1 Å². The van der Waals surface area contributed by atoms with Gasteiger partial charge in [-0.3, -0.25) is 14.2 Å². The molecule has 0 bridgehead atoms. The van der Waals surface area contributed by atoms with Crippen LogP contribution in [0, 0.1) is 11.6 Å². The van der Waals surface area contributed by atoms with E-state index in [1.807, 2.05) is 0 Å². The van der Waals surface area contributed by atoms with E-state index in [2.05, 4.69) is 15.4 Å². The molecule has 156 valence electrons. The molecule has 10 heteroatoms. The smallest absolute Gasteiger partial charge is 0.265 e. The molecule has 1 atom stereocenters. The zero-order valence-corrected chi connectivity index (χ0v) is 16.8. The van der Waals surface area contributed by atoms with Crippen LogP contribution in [-0.2, 0) is 4.79 Å². The van der Waals surface area contributed by atoms with Gasteiger partial charge in [-0.1, -0.05) is 11.8 Å². The van der Waals surface area contributed by atoms with Gasteiger partial charge in [0.2, 0.25) is 5.91 Å². The highest BCUT2D eigenvalue weighted by molar-refractivity contribution is 7.99. The van der Waals surface area contributed by atoms with E-state index in [4.69, 9.17) is 0 Å². The lowest BCUT2D eigenvalue weighted by Gasteiger charge is -2.13. The summed E-state index contributed by atoms with van der Waals surface area (Å²) in [5, 5.41) is 7.78. The van der Waals surface area contributed by atoms with Crippen molar-refractivity contribution in [2.24, 2.45) is 0 Å². The number of nitrogens with one attached hydrogen (secondary N) is 1. The van der Waals surface area contributed by atoms with Gasteiger partial charge in [0.15, 0.2) is 10.8 Å². The van der Waals surface area contributed by atoms with Gasteiger partial charge in [0, 0.05) is 17.9 Å². The average molecular weight is 439 g/mol. The molecule has 0 spiro atoms. The van der Waals surface area contributed by atoms with Gasteiger partial charge < -0.3 is 5.32 Å². The van der Waals surface area contributed by atoms with Crippen LogP contribution in [0.15, 0.2) is 64.7 Å². The zero-order chi connectivity index (χ0) is 21.5. The normalized spacial score (nSPS) is 15.2. The Balaban J connectivity index is 1.44. The summed E-state index contributed by atoms with van der Waals surface area (Å²) in [6, 6.07) is 10.9. The number of aromatic nitrogens is 4. The number of carbonyl (C=O) groups is 1. The van der Waals surface area contributed by atoms with E-state index in [0.717, 1.165) is 0 Å². The molecule has 1 unspecified atom stereocenters. The molecule has 31 heavy (non-hydrogen) atoms. The van der Waals surface area contributed by atoms with Gasteiger partial charge in [0.1, 0.15) is 17.0 Å². The third kappa shape index (κ3) is 3.59. The molecular formula is C21H15F2N5O2S. The summed E-state index contributed by atoms with van der Waals surface area (Å²) in [5.74, 6) is -0.511. The lowest BCUT2D eigenvalue weighted by Crippen LogP contribution is -2.27. The van der Waals surface area contributed by atoms with Crippen molar-refractivity contribution in [2.75, 3.05) is 11.1 Å². The fraction of sp³-hybridized carbons (Fsp3) is 0.143. The molecule has 0 fully saturated rings. The first-order chi connectivity index (χ1) is 15.0. The lowest BCUT2D eigenvalue weighted by atomic mass is 10.2. The summed E-state index contributed by atoms with van der Waals surface area (Å²) in [7, 11) is 0. The van der Waals surface area contributed by atoms with Gasteiger partial charge in [0.05, 0.1) is 17.9 Å². The van der Waals surface area contributed by atoms with Crippen molar-refractivity contribution in [3.05, 3.63) is 76.7 Å². The van der Waals surface area contributed by atoms with Crippen LogP contribution in [0.4, 0.5) is 14.5 Å². The quantitative estimate of drug-likeness (QED) is 0.492. The van der Waals surface area contributed by atoms with Crippen LogP contribution in [0.5, 0.6) is 0 Å². The van der Waals surface area contributed by atoms with Crippen molar-refractivity contribution in [3.8, 4) is 5.69 Å². The van der Waals surface area contributed by atoms with E-state index in [-0.39, 0.29) is 35.6 Å². The van der Waals surface area contributed by atoms with Crippen LogP contribution in [0.2, 0.25) is 0 Å². The third-order valence-corrected chi connectivity index (χ3v) is 6.09. The van der Waals surface area contributed by atoms with Gasteiger partial charge in [-0.25, -0.2) is 18.4 Å². The first kappa shape index (κ1) is 19.4. The molecular weight excluding hydrogens is 424 g/mol. The molecule has 2 aromatic heterocycles. The van der Waals surface area contributed by atoms with Gasteiger partial charge >= 0.3 is 0 Å². The van der Waals surface area contributed by atoms with Crippen LogP contribution in [0.1, 0.15) is 12.5 Å². The Morgan fingerprint density at radius 3 is 2.48 bits per heavy atom. The molecule has 1 N–H and O–H groups in total. The Morgan fingerprint density at radius 1 is 1.10 bits per heavy atom. The van der Waals surface area contributed by atoms with Crippen molar-refractivity contribution >= 4 is 34.4 Å². The molecule has 1 amide bonds. The van der Waals surface area contributed by atoms with Crippen molar-refractivity contribution in [1.29, 1.82) is 0 Å². The van der Waals surface area contributed by atoms with Gasteiger partial charge in [-0.05, 0) is 48.5 Å². The average Bonchev–Trinajstić information content (AvgIpc) is 3.35. The Labute approximate surface area is 178 Å². The van der Waals surface area contributed by atoms with Crippen molar-refractivity contribution in [1.82, 2.24) is 19.3 Å². The van der Waals surface area contributed by atoms with Crippen LogP contribution >= 0.6 is 11.8 Å². The Hall–Kier alpha value is -3.53. The molecule has 0 radical (unpaired) electrons. The van der Waals surface area contributed by atoms with E-state index >= 15 is 0 Å².